The summed E-state index contributed by atoms with van der Waals surface area (Å²) in [6.07, 6.45) is 0. The second-order valence-electron chi connectivity index (χ2n) is 3.37. The van der Waals surface area contributed by atoms with Crippen LogP contribution in [-0.2, 0) is 14.3 Å². The van der Waals surface area contributed by atoms with Crippen molar-refractivity contribution >= 4 is 51.8 Å². The molecule has 104 valence electrons. The number of esters is 1. The van der Waals surface area contributed by atoms with Crippen LogP contribution < -0.4 is 5.32 Å². The number of alkyl halides is 2. The lowest BCUT2D eigenvalue weighted by Crippen LogP contribution is -2.43. The zero-order chi connectivity index (χ0) is 14.6. The molecule has 0 aliphatic rings. The van der Waals surface area contributed by atoms with Gasteiger partial charge in [0.15, 0.2) is 0 Å². The molecular weight excluding hydrogens is 394 g/mol. The molecule has 8 heteroatoms. The molecule has 1 aromatic rings. The third-order valence-electron chi connectivity index (χ3n) is 1.99. The quantitative estimate of drug-likeness (QED) is 0.478. The first-order valence-electron chi connectivity index (χ1n) is 5.10. The maximum absolute atomic E-state index is 13.4. The van der Waals surface area contributed by atoms with Crippen molar-refractivity contribution in [3.05, 3.63) is 26.8 Å². The van der Waals surface area contributed by atoms with Gasteiger partial charge >= 0.3 is 17.8 Å². The molecule has 0 heterocycles. The number of carbonyl (C=O) groups is 2. The molecule has 0 unspecified atom stereocenters. The van der Waals surface area contributed by atoms with E-state index in [4.69, 9.17) is 11.6 Å². The number of hydrogen-bond acceptors (Lipinski definition) is 3. The Morgan fingerprint density at radius 1 is 1.47 bits per heavy atom. The number of benzene rings is 1. The van der Waals surface area contributed by atoms with Gasteiger partial charge in [0, 0.05) is 3.57 Å². The monoisotopic (exact) mass is 403 g/mol. The number of halogens is 4. The van der Waals surface area contributed by atoms with Crippen molar-refractivity contribution in [3.63, 3.8) is 0 Å². The highest BCUT2D eigenvalue weighted by Crippen LogP contribution is 2.26. The van der Waals surface area contributed by atoms with Crippen molar-refractivity contribution in [2.45, 2.75) is 12.8 Å². The van der Waals surface area contributed by atoms with E-state index in [0.29, 0.717) is 3.57 Å². The summed E-state index contributed by atoms with van der Waals surface area (Å²) in [4.78, 5) is 22.4. The maximum Gasteiger partial charge on any atom is 0.419 e. The normalized spacial score (nSPS) is 11.0. The van der Waals surface area contributed by atoms with E-state index in [0.717, 1.165) is 0 Å². The van der Waals surface area contributed by atoms with Gasteiger partial charge in [-0.3, -0.25) is 4.79 Å². The Labute approximate surface area is 126 Å². The first kappa shape index (κ1) is 16.1. The van der Waals surface area contributed by atoms with Gasteiger partial charge in [0.1, 0.15) is 0 Å². The van der Waals surface area contributed by atoms with Crippen LogP contribution in [0.4, 0.5) is 14.5 Å². The highest BCUT2D eigenvalue weighted by molar-refractivity contribution is 14.1. The van der Waals surface area contributed by atoms with Crippen molar-refractivity contribution in [1.29, 1.82) is 0 Å². The number of anilines is 1. The van der Waals surface area contributed by atoms with Crippen molar-refractivity contribution < 1.29 is 23.1 Å². The summed E-state index contributed by atoms with van der Waals surface area (Å²) in [6, 6.07) is 4.49. The summed E-state index contributed by atoms with van der Waals surface area (Å²) in [7, 11) is 0. The van der Waals surface area contributed by atoms with Crippen LogP contribution in [0.5, 0.6) is 0 Å². The molecule has 0 aliphatic heterocycles. The molecule has 19 heavy (non-hydrogen) atoms. The van der Waals surface area contributed by atoms with Crippen LogP contribution >= 0.6 is 34.2 Å². The second-order valence-corrected chi connectivity index (χ2v) is 5.03. The van der Waals surface area contributed by atoms with Crippen molar-refractivity contribution in [3.8, 4) is 0 Å². The Kier molecular flexibility index (Phi) is 5.48. The minimum atomic E-state index is -4.26. The number of rotatable bonds is 4. The first-order valence-corrected chi connectivity index (χ1v) is 6.56. The SMILES string of the molecule is CCOC(=O)C(F)(F)C(=O)Nc1cc(I)ccc1Cl. The Hall–Kier alpha value is -0.960. The average Bonchev–Trinajstić information content (AvgIpc) is 2.34. The van der Waals surface area contributed by atoms with E-state index >= 15 is 0 Å². The summed E-state index contributed by atoms with van der Waals surface area (Å²) in [6.45, 7) is 1.12. The Balaban J connectivity index is 2.90. The molecule has 1 rings (SSSR count). The van der Waals surface area contributed by atoms with E-state index in [1.165, 1.54) is 19.1 Å². The number of carbonyl (C=O) groups excluding carboxylic acids is 2. The molecule has 0 saturated heterocycles. The molecule has 1 amide bonds. The van der Waals surface area contributed by atoms with Crippen LogP contribution in [0.15, 0.2) is 18.2 Å². The van der Waals surface area contributed by atoms with Gasteiger partial charge in [0.05, 0.1) is 17.3 Å². The summed E-state index contributed by atoms with van der Waals surface area (Å²) >= 11 is 7.68. The molecule has 0 spiro atoms. The summed E-state index contributed by atoms with van der Waals surface area (Å²) in [5.41, 5.74) is 0.00235. The van der Waals surface area contributed by atoms with Crippen LogP contribution in [0.1, 0.15) is 6.92 Å². The summed E-state index contributed by atoms with van der Waals surface area (Å²) in [5.74, 6) is -7.94. The zero-order valence-electron chi connectivity index (χ0n) is 9.68. The van der Waals surface area contributed by atoms with Gasteiger partial charge in [-0.15, -0.1) is 0 Å². The maximum atomic E-state index is 13.4. The molecule has 0 radical (unpaired) electrons. The topological polar surface area (TPSA) is 55.4 Å². The standard InChI is InChI=1S/C11H9ClF2INO3/c1-2-19-10(18)11(13,14)9(17)16-8-5-6(15)3-4-7(8)12/h3-5H,2H2,1H3,(H,16,17). The number of hydrogen-bond donors (Lipinski definition) is 1. The molecule has 0 bridgehead atoms. The van der Waals surface area contributed by atoms with Crippen LogP contribution in [0.25, 0.3) is 0 Å². The minimum absolute atomic E-state index is 0.00235. The molecule has 4 nitrogen and oxygen atoms in total. The fourth-order valence-electron chi connectivity index (χ4n) is 1.11. The lowest BCUT2D eigenvalue weighted by molar-refractivity contribution is -0.175. The van der Waals surface area contributed by atoms with Gasteiger partial charge in [-0.2, -0.15) is 8.78 Å². The molecule has 0 atom stereocenters. The van der Waals surface area contributed by atoms with Gasteiger partial charge in [-0.1, -0.05) is 11.6 Å². The zero-order valence-corrected chi connectivity index (χ0v) is 12.6. The van der Waals surface area contributed by atoms with Gasteiger partial charge in [0.25, 0.3) is 0 Å². The fraction of sp³-hybridized carbons (Fsp3) is 0.273. The van der Waals surface area contributed by atoms with Crippen LogP contribution in [0.3, 0.4) is 0 Å². The molecular formula is C11H9ClF2INO3. The lowest BCUT2D eigenvalue weighted by Gasteiger charge is -2.15. The largest absolute Gasteiger partial charge is 0.461 e. The van der Waals surface area contributed by atoms with E-state index in [2.05, 4.69) is 4.74 Å². The molecule has 0 aliphatic carbocycles. The number of nitrogens with one attached hydrogen (secondary N) is 1. The van der Waals surface area contributed by atoms with Gasteiger partial charge < -0.3 is 10.1 Å². The van der Waals surface area contributed by atoms with Gasteiger partial charge in [-0.25, -0.2) is 4.79 Å². The van der Waals surface area contributed by atoms with Gasteiger partial charge in [0.2, 0.25) is 0 Å². The van der Waals surface area contributed by atoms with Crippen LogP contribution in [0, 0.1) is 3.57 Å². The highest BCUT2D eigenvalue weighted by atomic mass is 127. The van der Waals surface area contributed by atoms with Crippen LogP contribution in [0.2, 0.25) is 5.02 Å². The number of amides is 1. The summed E-state index contributed by atoms with van der Waals surface area (Å²) in [5, 5.41) is 2.00. The minimum Gasteiger partial charge on any atom is -0.461 e. The predicted molar refractivity (Wildman–Crippen MR) is 74.4 cm³/mol. The molecule has 0 saturated carbocycles. The first-order chi connectivity index (χ1) is 8.78. The van der Waals surface area contributed by atoms with Crippen LogP contribution in [-0.4, -0.2) is 24.4 Å². The Bertz CT molecular complexity index is 511. The Morgan fingerprint density at radius 2 is 2.11 bits per heavy atom. The average molecular weight is 404 g/mol. The third-order valence-corrected chi connectivity index (χ3v) is 2.99. The third kappa shape index (κ3) is 4.00. The van der Waals surface area contributed by atoms with E-state index in [1.807, 2.05) is 27.9 Å². The lowest BCUT2D eigenvalue weighted by atomic mass is 10.2. The highest BCUT2D eigenvalue weighted by Gasteiger charge is 2.49. The molecule has 0 fully saturated rings. The second kappa shape index (κ2) is 6.47. The number of ether oxygens (including phenoxy) is 1. The smallest absolute Gasteiger partial charge is 0.419 e. The van der Waals surface area contributed by atoms with Gasteiger partial charge in [-0.05, 0) is 47.7 Å². The summed E-state index contributed by atoms with van der Waals surface area (Å²) < 4.78 is 31.6. The van der Waals surface area contributed by atoms with E-state index < -0.39 is 17.8 Å². The van der Waals surface area contributed by atoms with Crippen molar-refractivity contribution in [2.24, 2.45) is 0 Å². The molecule has 1 aromatic carbocycles. The van der Waals surface area contributed by atoms with E-state index in [1.54, 1.807) is 6.07 Å². The van der Waals surface area contributed by atoms with Crippen molar-refractivity contribution in [1.82, 2.24) is 0 Å². The van der Waals surface area contributed by atoms with E-state index in [-0.39, 0.29) is 17.3 Å². The molecule has 0 aromatic heterocycles. The Morgan fingerprint density at radius 3 is 2.68 bits per heavy atom. The molecule has 1 N–H and O–H groups in total. The fourth-order valence-corrected chi connectivity index (χ4v) is 1.76. The van der Waals surface area contributed by atoms with E-state index in [9.17, 15) is 18.4 Å². The van der Waals surface area contributed by atoms with Crippen molar-refractivity contribution in [2.75, 3.05) is 11.9 Å². The predicted octanol–water partition coefficient (Wildman–Crippen LogP) is 3.08.